The third-order valence-electron chi connectivity index (χ3n) is 3.72. The van der Waals surface area contributed by atoms with Gasteiger partial charge in [0.05, 0.1) is 17.2 Å². The van der Waals surface area contributed by atoms with Crippen LogP contribution in [0.1, 0.15) is 19.8 Å². The topological polar surface area (TPSA) is 95.3 Å². The first-order valence-corrected chi connectivity index (χ1v) is 8.84. The van der Waals surface area contributed by atoms with E-state index in [-0.39, 0.29) is 10.9 Å². The van der Waals surface area contributed by atoms with Gasteiger partial charge in [-0.3, -0.25) is 10.00 Å². The first kappa shape index (κ1) is 16.3. The molecule has 21 heavy (non-hydrogen) atoms. The molecule has 0 saturated carbocycles. The summed E-state index contributed by atoms with van der Waals surface area (Å²) in [5.74, 6) is 0. The summed E-state index contributed by atoms with van der Waals surface area (Å²) in [5.41, 5.74) is 5.80. The van der Waals surface area contributed by atoms with Gasteiger partial charge in [-0.1, -0.05) is 25.6 Å². The second kappa shape index (κ2) is 6.82. The van der Waals surface area contributed by atoms with E-state index in [0.717, 1.165) is 12.8 Å². The zero-order valence-corrected chi connectivity index (χ0v) is 13.7. The number of piperazine rings is 1. The van der Waals surface area contributed by atoms with E-state index in [9.17, 15) is 8.42 Å². The smallest absolute Gasteiger partial charge is 0.246 e. The predicted molar refractivity (Wildman–Crippen MR) is 84.4 cm³/mol. The van der Waals surface area contributed by atoms with Crippen molar-refractivity contribution >= 4 is 27.2 Å². The Labute approximate surface area is 130 Å². The third-order valence-corrected chi connectivity index (χ3v) is 5.85. The lowest BCUT2D eigenvalue weighted by atomic mass is 10.1. The van der Waals surface area contributed by atoms with Crippen molar-refractivity contribution in [3.8, 4) is 0 Å². The molecule has 1 atom stereocenters. The molecule has 2 heterocycles. The lowest BCUT2D eigenvalue weighted by molar-refractivity contribution is 0.162. The van der Waals surface area contributed by atoms with E-state index in [2.05, 4.69) is 22.0 Å². The summed E-state index contributed by atoms with van der Waals surface area (Å²) in [6.45, 7) is 4.25. The minimum absolute atomic E-state index is 0.0591. The van der Waals surface area contributed by atoms with Crippen molar-refractivity contribution in [3.05, 3.63) is 12.4 Å². The Kier molecular flexibility index (Phi) is 5.31. The van der Waals surface area contributed by atoms with Gasteiger partial charge in [0, 0.05) is 32.4 Å². The van der Waals surface area contributed by atoms with Crippen molar-refractivity contribution in [2.45, 2.75) is 30.7 Å². The molecule has 1 aliphatic heterocycles. The number of H-pyrrole nitrogens is 1. The Bertz CT molecular complexity index is 564. The van der Waals surface area contributed by atoms with Crippen LogP contribution in [0.15, 0.2) is 17.3 Å². The van der Waals surface area contributed by atoms with Gasteiger partial charge in [-0.2, -0.15) is 9.40 Å². The highest BCUT2D eigenvalue weighted by Crippen LogP contribution is 2.18. The number of aromatic amines is 1. The van der Waals surface area contributed by atoms with Crippen molar-refractivity contribution in [1.29, 1.82) is 0 Å². The average molecular weight is 331 g/mol. The van der Waals surface area contributed by atoms with Crippen LogP contribution in [0.3, 0.4) is 0 Å². The van der Waals surface area contributed by atoms with Crippen molar-refractivity contribution in [3.63, 3.8) is 0 Å². The molecule has 0 amide bonds. The molecule has 0 aromatic carbocycles. The van der Waals surface area contributed by atoms with Gasteiger partial charge in [0.1, 0.15) is 4.90 Å². The van der Waals surface area contributed by atoms with E-state index in [1.165, 1.54) is 16.7 Å². The molecule has 1 fully saturated rings. The van der Waals surface area contributed by atoms with E-state index in [4.69, 9.17) is 18.0 Å². The van der Waals surface area contributed by atoms with Gasteiger partial charge in [0.15, 0.2) is 0 Å². The Hall–Kier alpha value is -1.03. The molecule has 1 saturated heterocycles. The zero-order valence-electron chi connectivity index (χ0n) is 12.0. The van der Waals surface area contributed by atoms with Crippen LogP contribution in [0.25, 0.3) is 0 Å². The lowest BCUT2D eigenvalue weighted by Gasteiger charge is -2.38. The van der Waals surface area contributed by atoms with Crippen molar-refractivity contribution < 1.29 is 8.42 Å². The molecular formula is C12H21N5O2S2. The SMILES string of the molecule is CCCC(C(N)=S)N1CCN(S(=O)(=O)c2cn[nH]c2)CC1. The average Bonchev–Trinajstić information content (AvgIpc) is 2.99. The van der Waals surface area contributed by atoms with Crippen molar-refractivity contribution in [1.82, 2.24) is 19.4 Å². The minimum atomic E-state index is -3.45. The molecule has 118 valence electrons. The van der Waals surface area contributed by atoms with Gasteiger partial charge in [-0.05, 0) is 6.42 Å². The molecule has 1 aliphatic rings. The fourth-order valence-corrected chi connectivity index (χ4v) is 4.16. The summed E-state index contributed by atoms with van der Waals surface area (Å²) >= 11 is 5.12. The number of nitrogens with one attached hydrogen (secondary N) is 1. The molecule has 0 radical (unpaired) electrons. The van der Waals surface area contributed by atoms with Crippen LogP contribution in [0.4, 0.5) is 0 Å². The summed E-state index contributed by atoms with van der Waals surface area (Å²) < 4.78 is 26.2. The van der Waals surface area contributed by atoms with Gasteiger partial charge in [0.2, 0.25) is 10.0 Å². The first-order chi connectivity index (χ1) is 9.96. The van der Waals surface area contributed by atoms with Crippen LogP contribution in [-0.2, 0) is 10.0 Å². The minimum Gasteiger partial charge on any atom is -0.392 e. The van der Waals surface area contributed by atoms with Gasteiger partial charge < -0.3 is 5.73 Å². The normalized spacial score (nSPS) is 19.5. The van der Waals surface area contributed by atoms with E-state index < -0.39 is 10.0 Å². The van der Waals surface area contributed by atoms with Crippen molar-refractivity contribution in [2.75, 3.05) is 26.2 Å². The second-order valence-electron chi connectivity index (χ2n) is 5.08. The molecule has 0 bridgehead atoms. The molecule has 2 rings (SSSR count). The van der Waals surface area contributed by atoms with E-state index in [1.807, 2.05) is 0 Å². The van der Waals surface area contributed by atoms with Crippen LogP contribution in [0.2, 0.25) is 0 Å². The Morgan fingerprint density at radius 2 is 2.14 bits per heavy atom. The van der Waals surface area contributed by atoms with Crippen LogP contribution in [0.5, 0.6) is 0 Å². The fourth-order valence-electron chi connectivity index (χ4n) is 2.56. The number of thiocarbonyl (C=S) groups is 1. The predicted octanol–water partition coefficient (Wildman–Crippen LogP) is 0.171. The molecular weight excluding hydrogens is 310 g/mol. The van der Waals surface area contributed by atoms with Crippen molar-refractivity contribution in [2.24, 2.45) is 5.73 Å². The Balaban J connectivity index is 2.02. The van der Waals surface area contributed by atoms with Gasteiger partial charge in [0.25, 0.3) is 0 Å². The molecule has 9 heteroatoms. The molecule has 7 nitrogen and oxygen atoms in total. The molecule has 0 spiro atoms. The van der Waals surface area contributed by atoms with Gasteiger partial charge >= 0.3 is 0 Å². The van der Waals surface area contributed by atoms with E-state index in [0.29, 0.717) is 31.2 Å². The number of rotatable bonds is 6. The fraction of sp³-hybridized carbons (Fsp3) is 0.667. The highest BCUT2D eigenvalue weighted by atomic mass is 32.2. The quantitative estimate of drug-likeness (QED) is 0.722. The molecule has 0 aliphatic carbocycles. The number of hydrogen-bond donors (Lipinski definition) is 2. The van der Waals surface area contributed by atoms with Crippen LogP contribution >= 0.6 is 12.2 Å². The van der Waals surface area contributed by atoms with E-state index in [1.54, 1.807) is 0 Å². The Morgan fingerprint density at radius 1 is 1.48 bits per heavy atom. The molecule has 1 aromatic heterocycles. The largest absolute Gasteiger partial charge is 0.392 e. The highest BCUT2D eigenvalue weighted by Gasteiger charge is 2.31. The third kappa shape index (κ3) is 3.60. The summed E-state index contributed by atoms with van der Waals surface area (Å²) in [5, 5.41) is 6.23. The number of nitrogens with two attached hydrogens (primary N) is 1. The summed E-state index contributed by atoms with van der Waals surface area (Å²) in [6, 6.07) is 0.0591. The van der Waals surface area contributed by atoms with Gasteiger partial charge in [-0.25, -0.2) is 8.42 Å². The Morgan fingerprint density at radius 3 is 2.62 bits per heavy atom. The maximum Gasteiger partial charge on any atom is 0.246 e. The summed E-state index contributed by atoms with van der Waals surface area (Å²) in [7, 11) is -3.45. The lowest BCUT2D eigenvalue weighted by Crippen LogP contribution is -2.54. The maximum atomic E-state index is 12.4. The monoisotopic (exact) mass is 331 g/mol. The molecule has 1 aromatic rings. The summed E-state index contributed by atoms with van der Waals surface area (Å²) in [4.78, 5) is 2.87. The maximum absolute atomic E-state index is 12.4. The second-order valence-corrected chi connectivity index (χ2v) is 7.49. The van der Waals surface area contributed by atoms with Gasteiger partial charge in [-0.15, -0.1) is 0 Å². The van der Waals surface area contributed by atoms with E-state index >= 15 is 0 Å². The zero-order chi connectivity index (χ0) is 15.5. The number of hydrogen-bond acceptors (Lipinski definition) is 5. The molecule has 1 unspecified atom stereocenters. The first-order valence-electron chi connectivity index (χ1n) is 6.99. The molecule has 3 N–H and O–H groups in total. The number of nitrogens with zero attached hydrogens (tertiary/aromatic N) is 3. The highest BCUT2D eigenvalue weighted by molar-refractivity contribution is 7.89. The van der Waals surface area contributed by atoms with Crippen LogP contribution in [-0.4, -0.2) is 65.0 Å². The van der Waals surface area contributed by atoms with Crippen LogP contribution in [0, 0.1) is 0 Å². The number of aromatic nitrogens is 2. The number of sulfonamides is 1. The summed E-state index contributed by atoms with van der Waals surface area (Å²) in [6.07, 6.45) is 4.63. The van der Waals surface area contributed by atoms with Crippen LogP contribution < -0.4 is 5.73 Å². The standard InChI is InChI=1S/C12H21N5O2S2/c1-2-3-11(12(13)20)16-4-6-17(7-5-16)21(18,19)10-8-14-15-9-10/h8-9,11H,2-7H2,1H3,(H2,13,20)(H,14,15).